The summed E-state index contributed by atoms with van der Waals surface area (Å²) in [5.74, 6) is -3.11. The van der Waals surface area contributed by atoms with Crippen LogP contribution >= 0.6 is 0 Å². The Morgan fingerprint density at radius 2 is 1.93 bits per heavy atom. The van der Waals surface area contributed by atoms with Crippen LogP contribution < -0.4 is 40.0 Å². The molecule has 0 radical (unpaired) electrons. The Morgan fingerprint density at radius 1 is 1.33 bits per heavy atom. The van der Waals surface area contributed by atoms with Gasteiger partial charge in [0.25, 0.3) is 5.91 Å². The fraction of sp³-hybridized carbons (Fsp3) is 0. The number of nitrogens with zero attached hydrogens (tertiary/aromatic N) is 1. The summed E-state index contributed by atoms with van der Waals surface area (Å²) in [6.45, 7) is 0. The Bertz CT molecular complexity index is 426. The Morgan fingerprint density at radius 3 is 2.47 bits per heavy atom. The van der Waals surface area contributed by atoms with Gasteiger partial charge in [0.1, 0.15) is 12.0 Å². The Kier molecular flexibility index (Phi) is 5.64. The topological polar surface area (TPSA) is 93.0 Å². The third-order valence-corrected chi connectivity index (χ3v) is 1.48. The first kappa shape index (κ1) is 13.7. The molecular weight excluding hydrogens is 207 g/mol. The van der Waals surface area contributed by atoms with Crippen molar-refractivity contribution in [1.29, 1.82) is 5.26 Å². The Hall–Kier alpha value is -1.35. The van der Waals surface area contributed by atoms with Crippen LogP contribution in [0.15, 0.2) is 24.3 Å². The molecule has 0 aliphatic carbocycles. The van der Waals surface area contributed by atoms with Gasteiger partial charge in [-0.15, -0.1) is 0 Å². The van der Waals surface area contributed by atoms with Crippen molar-refractivity contribution < 1.29 is 44.3 Å². The zero-order valence-corrected chi connectivity index (χ0v) is 9.98. The summed E-state index contributed by atoms with van der Waals surface area (Å²) >= 11 is 0. The monoisotopic (exact) mass is 212 g/mol. The van der Waals surface area contributed by atoms with Gasteiger partial charge in [-0.3, -0.25) is 4.79 Å². The fourth-order valence-electron chi connectivity index (χ4n) is 0.863. The van der Waals surface area contributed by atoms with Gasteiger partial charge in [-0.05, 0) is 12.1 Å². The van der Waals surface area contributed by atoms with Gasteiger partial charge in [-0.2, -0.15) is 5.26 Å². The molecule has 1 aromatic rings. The second-order valence-electron chi connectivity index (χ2n) is 2.40. The summed E-state index contributed by atoms with van der Waals surface area (Å²) in [4.78, 5) is 20.8. The smallest absolute Gasteiger partial charge is 0.540 e. The molecule has 0 aromatic heterocycles. The minimum Gasteiger partial charge on any atom is -0.540 e. The van der Waals surface area contributed by atoms with Gasteiger partial charge < -0.3 is 15.2 Å². The van der Waals surface area contributed by atoms with E-state index in [1.807, 2.05) is 11.4 Å². The van der Waals surface area contributed by atoms with Crippen LogP contribution in [0, 0.1) is 11.3 Å². The van der Waals surface area contributed by atoms with E-state index >= 15 is 0 Å². The van der Waals surface area contributed by atoms with Gasteiger partial charge in [-0.25, -0.2) is 0 Å². The number of amides is 1. The van der Waals surface area contributed by atoms with Crippen molar-refractivity contribution in [3.63, 3.8) is 0 Å². The van der Waals surface area contributed by atoms with Crippen LogP contribution in [0.25, 0.3) is 0 Å². The van der Waals surface area contributed by atoms with E-state index in [2.05, 4.69) is 0 Å². The van der Waals surface area contributed by atoms with Crippen LogP contribution in [0.4, 0.5) is 5.69 Å². The minimum absolute atomic E-state index is 0. The molecule has 0 fully saturated rings. The third kappa shape index (κ3) is 3.72. The summed E-state index contributed by atoms with van der Waals surface area (Å²) in [5.41, 5.74) is 0.353. The summed E-state index contributed by atoms with van der Waals surface area (Å²) < 4.78 is 0. The predicted octanol–water partition coefficient (Wildman–Crippen LogP) is -3.75. The number of para-hydroxylation sites is 1. The SMILES string of the molecule is N#Cc1ccccc1NC(=O)C(=O)[O-].[Na+]. The maximum Gasteiger partial charge on any atom is 1.00 e. The van der Waals surface area contributed by atoms with Crippen LogP contribution in [0.3, 0.4) is 0 Å². The molecule has 15 heavy (non-hydrogen) atoms. The normalized spacial score (nSPS) is 8.20. The molecule has 0 saturated heterocycles. The number of carbonyl (C=O) groups excluding carboxylic acids is 2. The molecule has 5 nitrogen and oxygen atoms in total. The molecule has 0 bridgehead atoms. The van der Waals surface area contributed by atoms with Crippen molar-refractivity contribution in [3.05, 3.63) is 29.8 Å². The fourth-order valence-corrected chi connectivity index (χ4v) is 0.863. The van der Waals surface area contributed by atoms with Crippen molar-refractivity contribution in [2.75, 3.05) is 5.32 Å². The van der Waals surface area contributed by atoms with Crippen LogP contribution in [0.5, 0.6) is 0 Å². The first-order valence-corrected chi connectivity index (χ1v) is 3.66. The number of carboxylic acid groups (broad SMARTS) is 1. The predicted molar refractivity (Wildman–Crippen MR) is 44.8 cm³/mol. The molecular formula is C9H5N2NaO3. The average Bonchev–Trinajstić information content (AvgIpc) is 2.18. The molecule has 6 heteroatoms. The van der Waals surface area contributed by atoms with Crippen LogP contribution in [0.1, 0.15) is 5.56 Å². The Labute approximate surface area is 108 Å². The van der Waals surface area contributed by atoms with Crippen LogP contribution in [0.2, 0.25) is 0 Å². The molecule has 0 spiro atoms. The molecule has 1 aromatic carbocycles. The second-order valence-corrected chi connectivity index (χ2v) is 2.40. The van der Waals surface area contributed by atoms with Crippen molar-refractivity contribution in [2.45, 2.75) is 0 Å². The number of nitriles is 1. The van der Waals surface area contributed by atoms with E-state index in [1.165, 1.54) is 12.1 Å². The largest absolute Gasteiger partial charge is 1.00 e. The van der Waals surface area contributed by atoms with Gasteiger partial charge in [-0.1, -0.05) is 12.1 Å². The number of carbonyl (C=O) groups is 2. The third-order valence-electron chi connectivity index (χ3n) is 1.48. The zero-order chi connectivity index (χ0) is 10.6. The maximum absolute atomic E-state index is 10.7. The number of rotatable bonds is 1. The molecule has 0 atom stereocenters. The average molecular weight is 212 g/mol. The number of anilines is 1. The van der Waals surface area contributed by atoms with E-state index in [-0.39, 0.29) is 40.8 Å². The van der Waals surface area contributed by atoms with E-state index in [1.54, 1.807) is 12.1 Å². The van der Waals surface area contributed by atoms with Gasteiger partial charge >= 0.3 is 29.6 Å². The van der Waals surface area contributed by atoms with Crippen molar-refractivity contribution in [3.8, 4) is 6.07 Å². The van der Waals surface area contributed by atoms with Crippen LogP contribution in [-0.2, 0) is 9.59 Å². The van der Waals surface area contributed by atoms with Gasteiger partial charge in [0.15, 0.2) is 0 Å². The van der Waals surface area contributed by atoms with E-state index in [0.29, 0.717) is 0 Å². The van der Waals surface area contributed by atoms with Crippen molar-refractivity contribution in [1.82, 2.24) is 0 Å². The molecule has 0 heterocycles. The first-order valence-electron chi connectivity index (χ1n) is 3.66. The zero-order valence-electron chi connectivity index (χ0n) is 7.98. The number of nitrogens with one attached hydrogen (secondary N) is 1. The molecule has 0 unspecified atom stereocenters. The summed E-state index contributed by atoms with van der Waals surface area (Å²) in [5, 5.41) is 20.7. The van der Waals surface area contributed by atoms with Gasteiger partial charge in [0, 0.05) is 0 Å². The number of hydrogen-bond donors (Lipinski definition) is 1. The van der Waals surface area contributed by atoms with Crippen molar-refractivity contribution >= 4 is 17.6 Å². The van der Waals surface area contributed by atoms with E-state index in [4.69, 9.17) is 5.26 Å². The first-order chi connectivity index (χ1) is 6.65. The summed E-state index contributed by atoms with van der Waals surface area (Å²) in [6.07, 6.45) is 0. The van der Waals surface area contributed by atoms with Gasteiger partial charge in [0.2, 0.25) is 0 Å². The van der Waals surface area contributed by atoms with E-state index in [9.17, 15) is 14.7 Å². The molecule has 0 saturated carbocycles. The molecule has 0 aliphatic heterocycles. The van der Waals surface area contributed by atoms with E-state index in [0.717, 1.165) is 0 Å². The molecule has 1 amide bonds. The summed E-state index contributed by atoms with van der Waals surface area (Å²) in [7, 11) is 0. The molecule has 0 aliphatic rings. The van der Waals surface area contributed by atoms with Gasteiger partial charge in [0.05, 0.1) is 11.3 Å². The number of benzene rings is 1. The second kappa shape index (κ2) is 6.19. The number of hydrogen-bond acceptors (Lipinski definition) is 4. The van der Waals surface area contributed by atoms with Crippen molar-refractivity contribution in [2.24, 2.45) is 0 Å². The molecule has 1 N–H and O–H groups in total. The number of carboxylic acids is 1. The maximum atomic E-state index is 10.7. The van der Waals surface area contributed by atoms with E-state index < -0.39 is 11.9 Å². The Balaban J connectivity index is 0.00000196. The quantitative estimate of drug-likeness (QED) is 0.382. The molecule has 1 rings (SSSR count). The minimum atomic E-state index is -1.84. The number of aliphatic carboxylic acids is 1. The molecule has 70 valence electrons. The van der Waals surface area contributed by atoms with Crippen LogP contribution in [-0.4, -0.2) is 11.9 Å². The summed E-state index contributed by atoms with van der Waals surface area (Å²) in [6, 6.07) is 7.88. The standard InChI is InChI=1S/C9H6N2O3.Na/c10-5-6-3-1-2-4-7(6)11-8(12)9(13)14;/h1-4H,(H,11,12)(H,13,14);/q;+1/p-1.